The van der Waals surface area contributed by atoms with Crippen molar-refractivity contribution in [2.75, 3.05) is 18.2 Å². The van der Waals surface area contributed by atoms with Crippen molar-refractivity contribution in [2.45, 2.75) is 94.6 Å². The lowest BCUT2D eigenvalue weighted by atomic mass is 9.94. The molecule has 2 aliphatic rings. The van der Waals surface area contributed by atoms with E-state index in [1.807, 2.05) is 42.1 Å². The standard InChI is InChI=1S/C30H44ClN5O5S/c1-30(2,19-31)28(40)34-22(16-20-10-4-3-5-11-20)27(39)33-21(17-37)12-8-9-15-32-25(38)14-7-6-13-24-26-23(18-42-24)35-29(41)36-26/h3-5,10-11,17,21-24,26H,6-9,12-16,18-19H2,1-2H3,(H,32,38)(H,33,39)(H,34,40)(H2,35,36,41)/t21-,22-,23-,24-,26-/m0/s1. The van der Waals surface area contributed by atoms with Gasteiger partial charge in [0.05, 0.1) is 23.5 Å². The number of aldehydes is 1. The van der Waals surface area contributed by atoms with E-state index in [1.54, 1.807) is 13.8 Å². The first-order valence-corrected chi connectivity index (χ1v) is 16.3. The molecule has 3 rings (SSSR count). The molecule has 0 saturated carbocycles. The minimum atomic E-state index is -0.855. The summed E-state index contributed by atoms with van der Waals surface area (Å²) in [7, 11) is 0. The molecule has 12 heteroatoms. The first kappa shape index (κ1) is 33.7. The summed E-state index contributed by atoms with van der Waals surface area (Å²) in [5.41, 5.74) is 0.0293. The number of halogens is 1. The van der Waals surface area contributed by atoms with Gasteiger partial charge in [0, 0.05) is 36.3 Å². The van der Waals surface area contributed by atoms with Gasteiger partial charge in [-0.15, -0.1) is 11.6 Å². The highest BCUT2D eigenvalue weighted by molar-refractivity contribution is 8.00. The molecule has 5 atom stereocenters. The summed E-state index contributed by atoms with van der Waals surface area (Å²) in [6.45, 7) is 3.91. The number of amides is 5. The number of urea groups is 1. The molecule has 42 heavy (non-hydrogen) atoms. The van der Waals surface area contributed by atoms with Gasteiger partial charge in [0.25, 0.3) is 0 Å². The lowest BCUT2D eigenvalue weighted by Crippen LogP contribution is -2.53. The number of hydrogen-bond donors (Lipinski definition) is 5. The maximum absolute atomic E-state index is 13.1. The van der Waals surface area contributed by atoms with Gasteiger partial charge in [0.15, 0.2) is 0 Å². The van der Waals surface area contributed by atoms with Gasteiger partial charge < -0.3 is 31.4 Å². The fraction of sp³-hybridized carbons (Fsp3) is 0.633. The normalized spacial score (nSPS) is 20.9. The van der Waals surface area contributed by atoms with Crippen LogP contribution in [0.15, 0.2) is 30.3 Å². The number of carbonyl (C=O) groups is 5. The van der Waals surface area contributed by atoms with E-state index in [0.717, 1.165) is 30.6 Å². The summed E-state index contributed by atoms with van der Waals surface area (Å²) < 4.78 is 0. The van der Waals surface area contributed by atoms with Crippen LogP contribution in [0.4, 0.5) is 4.79 Å². The summed E-state index contributed by atoms with van der Waals surface area (Å²) in [5.74, 6) is 0.271. The van der Waals surface area contributed by atoms with Gasteiger partial charge in [0.2, 0.25) is 17.7 Å². The molecule has 0 spiro atoms. The monoisotopic (exact) mass is 621 g/mol. The molecule has 2 heterocycles. The molecular formula is C30H44ClN5O5S. The minimum Gasteiger partial charge on any atom is -0.356 e. The number of nitrogens with one attached hydrogen (secondary N) is 5. The Kier molecular flexibility index (Phi) is 13.4. The van der Waals surface area contributed by atoms with Crippen LogP contribution >= 0.6 is 23.4 Å². The van der Waals surface area contributed by atoms with Crippen LogP contribution in [-0.2, 0) is 25.6 Å². The average Bonchev–Trinajstić information content (AvgIpc) is 3.53. The van der Waals surface area contributed by atoms with E-state index in [2.05, 4.69) is 26.6 Å². The Morgan fingerprint density at radius 3 is 2.57 bits per heavy atom. The van der Waals surface area contributed by atoms with E-state index in [0.29, 0.717) is 43.8 Å². The topological polar surface area (TPSA) is 146 Å². The third-order valence-corrected chi connectivity index (χ3v) is 9.87. The molecule has 10 nitrogen and oxygen atoms in total. The third-order valence-electron chi connectivity index (χ3n) is 7.69. The molecule has 2 aliphatic heterocycles. The maximum atomic E-state index is 13.1. The molecule has 1 aromatic rings. The van der Waals surface area contributed by atoms with Crippen LogP contribution in [-0.4, -0.2) is 77.6 Å². The second-order valence-electron chi connectivity index (χ2n) is 11.7. The SMILES string of the molecule is CC(C)(CCl)C(=O)N[C@@H](Cc1ccccc1)C(=O)N[C@H](C=O)CCCCNC(=O)CCCC[C@@H]1SC[C@@H]2NC(=O)N[C@@H]21. The molecular weight excluding hydrogens is 578 g/mol. The number of benzene rings is 1. The van der Waals surface area contributed by atoms with E-state index in [4.69, 9.17) is 11.6 Å². The van der Waals surface area contributed by atoms with E-state index in [9.17, 15) is 24.0 Å². The predicted molar refractivity (Wildman–Crippen MR) is 165 cm³/mol. The number of alkyl halides is 1. The highest BCUT2D eigenvalue weighted by Crippen LogP contribution is 2.33. The third kappa shape index (κ3) is 10.5. The zero-order valence-corrected chi connectivity index (χ0v) is 26.0. The number of fused-ring (bicyclic) bond motifs is 1. The van der Waals surface area contributed by atoms with E-state index < -0.39 is 23.4 Å². The van der Waals surface area contributed by atoms with Crippen LogP contribution < -0.4 is 26.6 Å². The number of rotatable bonds is 18. The fourth-order valence-corrected chi connectivity index (χ4v) is 6.68. The molecule has 0 unspecified atom stereocenters. The predicted octanol–water partition coefficient (Wildman–Crippen LogP) is 2.67. The summed E-state index contributed by atoms with van der Waals surface area (Å²) >= 11 is 7.82. The number of thioether (sulfide) groups is 1. The van der Waals surface area contributed by atoms with Crippen LogP contribution in [0.25, 0.3) is 0 Å². The van der Waals surface area contributed by atoms with Gasteiger partial charge in [-0.3, -0.25) is 14.4 Å². The molecule has 1 aromatic carbocycles. The Hall–Kier alpha value is -2.79. The van der Waals surface area contributed by atoms with Gasteiger partial charge in [-0.25, -0.2) is 4.79 Å². The van der Waals surface area contributed by atoms with Crippen LogP contribution in [0.3, 0.4) is 0 Å². The summed E-state index contributed by atoms with van der Waals surface area (Å²) in [6.07, 6.45) is 5.88. The minimum absolute atomic E-state index is 0.00222. The molecule has 0 aliphatic carbocycles. The van der Waals surface area contributed by atoms with Crippen LogP contribution in [0.1, 0.15) is 64.4 Å². The molecule has 2 fully saturated rings. The highest BCUT2D eigenvalue weighted by atomic mass is 35.5. The van der Waals surface area contributed by atoms with Gasteiger partial charge in [-0.05, 0) is 51.5 Å². The molecule has 5 N–H and O–H groups in total. The molecule has 232 valence electrons. The van der Waals surface area contributed by atoms with Gasteiger partial charge in [0.1, 0.15) is 12.3 Å². The zero-order chi connectivity index (χ0) is 30.5. The highest BCUT2D eigenvalue weighted by Gasteiger charge is 2.42. The number of carbonyl (C=O) groups excluding carboxylic acids is 5. The molecule has 2 saturated heterocycles. The van der Waals surface area contributed by atoms with E-state index in [-0.39, 0.29) is 42.2 Å². The van der Waals surface area contributed by atoms with E-state index >= 15 is 0 Å². The van der Waals surface area contributed by atoms with Gasteiger partial charge in [-0.1, -0.05) is 36.8 Å². The van der Waals surface area contributed by atoms with Gasteiger partial charge >= 0.3 is 6.03 Å². The molecule has 0 bridgehead atoms. The van der Waals surface area contributed by atoms with Crippen molar-refractivity contribution in [1.82, 2.24) is 26.6 Å². The second kappa shape index (κ2) is 16.7. The second-order valence-corrected chi connectivity index (χ2v) is 13.2. The Morgan fingerprint density at radius 1 is 1.10 bits per heavy atom. The lowest BCUT2D eigenvalue weighted by molar-refractivity contribution is -0.133. The Bertz CT molecular complexity index is 1080. The Labute approximate surface area is 257 Å². The summed E-state index contributed by atoms with van der Waals surface area (Å²) in [6, 6.07) is 8.12. The largest absolute Gasteiger partial charge is 0.356 e. The van der Waals surface area contributed by atoms with Crippen molar-refractivity contribution in [3.8, 4) is 0 Å². The van der Waals surface area contributed by atoms with Crippen molar-refractivity contribution >= 4 is 53.4 Å². The summed E-state index contributed by atoms with van der Waals surface area (Å²) in [5, 5.41) is 14.8. The van der Waals surface area contributed by atoms with Crippen LogP contribution in [0.2, 0.25) is 0 Å². The fourth-order valence-electron chi connectivity index (χ4n) is 5.01. The van der Waals surface area contributed by atoms with Crippen LogP contribution in [0.5, 0.6) is 0 Å². The van der Waals surface area contributed by atoms with Crippen molar-refractivity contribution in [2.24, 2.45) is 5.41 Å². The number of unbranched alkanes of at least 4 members (excludes halogenated alkanes) is 2. The lowest BCUT2D eigenvalue weighted by Gasteiger charge is -2.26. The van der Waals surface area contributed by atoms with Crippen molar-refractivity contribution in [3.63, 3.8) is 0 Å². The van der Waals surface area contributed by atoms with Crippen molar-refractivity contribution in [3.05, 3.63) is 35.9 Å². The smallest absolute Gasteiger partial charge is 0.315 e. The maximum Gasteiger partial charge on any atom is 0.315 e. The number of hydrogen-bond acceptors (Lipinski definition) is 6. The van der Waals surface area contributed by atoms with Crippen LogP contribution in [0, 0.1) is 5.41 Å². The first-order chi connectivity index (χ1) is 20.1. The quantitative estimate of drug-likeness (QED) is 0.0738. The average molecular weight is 622 g/mol. The zero-order valence-electron chi connectivity index (χ0n) is 24.5. The summed E-state index contributed by atoms with van der Waals surface area (Å²) in [4.78, 5) is 61.3. The van der Waals surface area contributed by atoms with Crippen molar-refractivity contribution in [1.29, 1.82) is 0 Å². The first-order valence-electron chi connectivity index (χ1n) is 14.7. The molecule has 0 aromatic heterocycles. The Morgan fingerprint density at radius 2 is 1.86 bits per heavy atom. The Balaban J connectivity index is 1.33. The van der Waals surface area contributed by atoms with Crippen molar-refractivity contribution < 1.29 is 24.0 Å². The molecule has 0 radical (unpaired) electrons. The molecule has 5 amide bonds. The van der Waals surface area contributed by atoms with Gasteiger partial charge in [-0.2, -0.15) is 11.8 Å². The van der Waals surface area contributed by atoms with E-state index in [1.165, 1.54) is 0 Å².